The molecule has 0 fully saturated rings. The van der Waals surface area contributed by atoms with Gasteiger partial charge in [-0.15, -0.1) is 0 Å². The minimum absolute atomic E-state index is 0.424. The molecule has 0 bridgehead atoms. The van der Waals surface area contributed by atoms with E-state index < -0.39 is 0 Å². The molecule has 0 atom stereocenters. The third-order valence-electron chi connectivity index (χ3n) is 1.03. The predicted octanol–water partition coefficient (Wildman–Crippen LogP) is 1.32. The van der Waals surface area contributed by atoms with Gasteiger partial charge in [0.2, 0.25) is 0 Å². The highest BCUT2D eigenvalue weighted by Crippen LogP contribution is 2.02. The molecular formula is C7H6BrN3O. The van der Waals surface area contributed by atoms with Gasteiger partial charge in [-0.2, -0.15) is 0 Å². The lowest BCUT2D eigenvalue weighted by Crippen LogP contribution is -1.92. The fraction of sp³-hybridized carbons (Fsp3) is 0. The SMILES string of the molecule is O=C/C(Br)=C/Nc1cnccn1. The number of nitrogens with zero attached hydrogens (tertiary/aromatic N) is 2. The van der Waals surface area contributed by atoms with Gasteiger partial charge in [-0.05, 0) is 15.9 Å². The maximum Gasteiger partial charge on any atom is 0.158 e. The van der Waals surface area contributed by atoms with Gasteiger partial charge in [-0.3, -0.25) is 9.78 Å². The molecule has 0 aliphatic carbocycles. The van der Waals surface area contributed by atoms with Gasteiger partial charge >= 0.3 is 0 Å². The van der Waals surface area contributed by atoms with Crippen LogP contribution in [0.15, 0.2) is 29.3 Å². The highest BCUT2D eigenvalue weighted by molar-refractivity contribution is 9.12. The minimum atomic E-state index is 0.424. The van der Waals surface area contributed by atoms with Gasteiger partial charge in [-0.1, -0.05) is 0 Å². The highest BCUT2D eigenvalue weighted by atomic mass is 79.9. The number of aromatic nitrogens is 2. The van der Waals surface area contributed by atoms with Crippen molar-refractivity contribution in [2.45, 2.75) is 0 Å². The van der Waals surface area contributed by atoms with Crippen molar-refractivity contribution in [3.8, 4) is 0 Å². The summed E-state index contributed by atoms with van der Waals surface area (Å²) in [7, 11) is 0. The number of halogens is 1. The number of nitrogens with one attached hydrogen (secondary N) is 1. The molecule has 1 aromatic heterocycles. The van der Waals surface area contributed by atoms with Crippen molar-refractivity contribution in [3.63, 3.8) is 0 Å². The monoisotopic (exact) mass is 227 g/mol. The second kappa shape index (κ2) is 4.61. The molecule has 1 rings (SSSR count). The second-order valence-electron chi connectivity index (χ2n) is 1.88. The summed E-state index contributed by atoms with van der Waals surface area (Å²) in [6.07, 6.45) is 6.87. The van der Waals surface area contributed by atoms with Crippen molar-refractivity contribution < 1.29 is 4.79 Å². The van der Waals surface area contributed by atoms with E-state index in [1.807, 2.05) is 0 Å². The Morgan fingerprint density at radius 2 is 2.42 bits per heavy atom. The van der Waals surface area contributed by atoms with E-state index in [1.54, 1.807) is 18.6 Å². The molecule has 0 saturated carbocycles. The van der Waals surface area contributed by atoms with E-state index >= 15 is 0 Å². The Morgan fingerprint density at radius 3 is 3.00 bits per heavy atom. The average molecular weight is 228 g/mol. The van der Waals surface area contributed by atoms with Crippen LogP contribution in [0.1, 0.15) is 0 Å². The Labute approximate surface area is 77.9 Å². The molecule has 0 aliphatic rings. The first-order valence-electron chi connectivity index (χ1n) is 3.16. The molecule has 0 unspecified atom stereocenters. The van der Waals surface area contributed by atoms with Crippen molar-refractivity contribution in [2.24, 2.45) is 0 Å². The van der Waals surface area contributed by atoms with Gasteiger partial charge in [0, 0.05) is 18.6 Å². The number of rotatable bonds is 3. The number of anilines is 1. The maximum absolute atomic E-state index is 10.1. The summed E-state index contributed by atoms with van der Waals surface area (Å²) in [6, 6.07) is 0. The van der Waals surface area contributed by atoms with Crippen LogP contribution in [-0.4, -0.2) is 16.3 Å². The van der Waals surface area contributed by atoms with Crippen LogP contribution in [0, 0.1) is 0 Å². The van der Waals surface area contributed by atoms with Crippen LogP contribution in [0.25, 0.3) is 0 Å². The van der Waals surface area contributed by atoms with Crippen molar-refractivity contribution in [3.05, 3.63) is 29.3 Å². The Kier molecular flexibility index (Phi) is 3.40. The first-order valence-corrected chi connectivity index (χ1v) is 3.95. The summed E-state index contributed by atoms with van der Waals surface area (Å²) in [5.74, 6) is 0.594. The Balaban J connectivity index is 2.60. The van der Waals surface area contributed by atoms with Gasteiger partial charge < -0.3 is 5.32 Å². The Bertz CT molecular complexity index is 286. The summed E-state index contributed by atoms with van der Waals surface area (Å²) in [5.41, 5.74) is 0. The van der Waals surface area contributed by atoms with Gasteiger partial charge in [0.05, 0.1) is 10.7 Å². The van der Waals surface area contributed by atoms with E-state index in [0.717, 1.165) is 0 Å². The lowest BCUT2D eigenvalue weighted by Gasteiger charge is -1.96. The van der Waals surface area contributed by atoms with Crippen LogP contribution in [0.4, 0.5) is 5.82 Å². The molecule has 0 radical (unpaired) electrons. The van der Waals surface area contributed by atoms with Crippen LogP contribution in [-0.2, 0) is 4.79 Å². The van der Waals surface area contributed by atoms with Gasteiger partial charge in [0.25, 0.3) is 0 Å². The first-order chi connectivity index (χ1) is 5.83. The number of aldehydes is 1. The largest absolute Gasteiger partial charge is 0.344 e. The van der Waals surface area contributed by atoms with Crippen molar-refractivity contribution in [1.82, 2.24) is 9.97 Å². The predicted molar refractivity (Wildman–Crippen MR) is 48.7 cm³/mol. The molecule has 12 heavy (non-hydrogen) atoms. The summed E-state index contributed by atoms with van der Waals surface area (Å²) in [6.45, 7) is 0. The number of carbonyl (C=O) groups is 1. The van der Waals surface area contributed by atoms with E-state index in [9.17, 15) is 4.79 Å². The molecule has 5 heteroatoms. The van der Waals surface area contributed by atoms with E-state index in [2.05, 4.69) is 31.2 Å². The molecule has 1 aromatic rings. The van der Waals surface area contributed by atoms with Crippen LogP contribution < -0.4 is 5.32 Å². The zero-order chi connectivity index (χ0) is 8.81. The third kappa shape index (κ3) is 2.79. The van der Waals surface area contributed by atoms with Crippen molar-refractivity contribution >= 4 is 28.0 Å². The zero-order valence-electron chi connectivity index (χ0n) is 6.07. The number of carbonyl (C=O) groups excluding carboxylic acids is 1. The van der Waals surface area contributed by atoms with E-state index in [4.69, 9.17) is 0 Å². The number of hydrogen-bond donors (Lipinski definition) is 1. The fourth-order valence-corrected chi connectivity index (χ4v) is 0.665. The average Bonchev–Trinajstić information content (AvgIpc) is 2.16. The van der Waals surface area contributed by atoms with Crippen LogP contribution >= 0.6 is 15.9 Å². The first kappa shape index (κ1) is 8.86. The normalized spacial score (nSPS) is 10.9. The Morgan fingerprint density at radius 1 is 1.58 bits per heavy atom. The van der Waals surface area contributed by atoms with E-state index in [0.29, 0.717) is 16.6 Å². The quantitative estimate of drug-likeness (QED) is 0.626. The Hall–Kier alpha value is -1.23. The number of hydrogen-bond acceptors (Lipinski definition) is 4. The van der Waals surface area contributed by atoms with Gasteiger partial charge in [-0.25, -0.2) is 4.98 Å². The summed E-state index contributed by atoms with van der Waals surface area (Å²) in [4.78, 5) is 17.9. The smallest absolute Gasteiger partial charge is 0.158 e. The third-order valence-corrected chi connectivity index (χ3v) is 1.45. The van der Waals surface area contributed by atoms with E-state index in [-0.39, 0.29) is 0 Å². The van der Waals surface area contributed by atoms with Crippen molar-refractivity contribution in [1.29, 1.82) is 0 Å². The maximum atomic E-state index is 10.1. The molecule has 4 nitrogen and oxygen atoms in total. The fourth-order valence-electron chi connectivity index (χ4n) is 0.551. The molecule has 0 amide bonds. The summed E-state index contributed by atoms with van der Waals surface area (Å²) in [5, 5.41) is 2.78. The molecule has 1 heterocycles. The molecule has 0 aliphatic heterocycles. The summed E-state index contributed by atoms with van der Waals surface area (Å²) < 4.78 is 0.424. The topological polar surface area (TPSA) is 54.9 Å². The minimum Gasteiger partial charge on any atom is -0.344 e. The van der Waals surface area contributed by atoms with Gasteiger partial charge in [0.15, 0.2) is 6.29 Å². The standard InChI is InChI=1S/C7H6BrN3O/c8-6(5-12)3-11-7-4-9-1-2-10-7/h1-5H,(H,10,11)/b6-3-. The van der Waals surface area contributed by atoms with Crippen LogP contribution in [0.3, 0.4) is 0 Å². The van der Waals surface area contributed by atoms with E-state index in [1.165, 1.54) is 6.20 Å². The molecule has 62 valence electrons. The second-order valence-corrected chi connectivity index (χ2v) is 2.80. The molecular weight excluding hydrogens is 222 g/mol. The number of allylic oxidation sites excluding steroid dienone is 1. The molecule has 0 spiro atoms. The summed E-state index contributed by atoms with van der Waals surface area (Å²) >= 11 is 3.02. The lowest BCUT2D eigenvalue weighted by atomic mass is 10.6. The van der Waals surface area contributed by atoms with Crippen LogP contribution in [0.2, 0.25) is 0 Å². The lowest BCUT2D eigenvalue weighted by molar-refractivity contribution is -0.104. The molecule has 1 N–H and O–H groups in total. The highest BCUT2D eigenvalue weighted by Gasteiger charge is 1.89. The zero-order valence-corrected chi connectivity index (χ0v) is 7.65. The molecule has 0 aromatic carbocycles. The van der Waals surface area contributed by atoms with Gasteiger partial charge in [0.1, 0.15) is 5.82 Å². The van der Waals surface area contributed by atoms with Crippen LogP contribution in [0.5, 0.6) is 0 Å². The molecule has 0 saturated heterocycles. The van der Waals surface area contributed by atoms with Crippen molar-refractivity contribution in [2.75, 3.05) is 5.32 Å².